The van der Waals surface area contributed by atoms with Gasteiger partial charge in [-0.05, 0) is 32.4 Å². The zero-order valence-electron chi connectivity index (χ0n) is 11.3. The number of hydrogen-bond acceptors (Lipinski definition) is 5. The summed E-state index contributed by atoms with van der Waals surface area (Å²) >= 11 is 0. The van der Waals surface area contributed by atoms with E-state index in [9.17, 15) is 13.2 Å². The highest BCUT2D eigenvalue weighted by Gasteiger charge is 2.19. The molecule has 0 spiro atoms. The zero-order chi connectivity index (χ0) is 14.6. The molecule has 6 nitrogen and oxygen atoms in total. The highest BCUT2D eigenvalue weighted by molar-refractivity contribution is 7.90. The molecule has 0 aromatic carbocycles. The fourth-order valence-electron chi connectivity index (χ4n) is 1.55. The summed E-state index contributed by atoms with van der Waals surface area (Å²) in [7, 11) is -3.11. The van der Waals surface area contributed by atoms with Crippen molar-refractivity contribution in [2.45, 2.75) is 32.4 Å². The Hall–Kier alpha value is -1.34. The highest BCUT2D eigenvalue weighted by atomic mass is 32.2. The topological polar surface area (TPSA) is 102 Å². The lowest BCUT2D eigenvalue weighted by Crippen LogP contribution is -2.42. The Kier molecular flexibility index (Phi) is 5.13. The molecule has 0 aliphatic rings. The molecule has 1 aromatic rings. The summed E-state index contributed by atoms with van der Waals surface area (Å²) in [6.45, 7) is 3.59. The lowest BCUT2D eigenvalue weighted by atomic mass is 10.2. The Morgan fingerprint density at radius 2 is 2.11 bits per heavy atom. The second kappa shape index (κ2) is 6.21. The Balaban J connectivity index is 2.50. The van der Waals surface area contributed by atoms with Crippen molar-refractivity contribution >= 4 is 15.7 Å². The van der Waals surface area contributed by atoms with Crippen LogP contribution < -0.4 is 11.1 Å². The molecule has 0 radical (unpaired) electrons. The van der Waals surface area contributed by atoms with Crippen molar-refractivity contribution in [3.63, 3.8) is 0 Å². The number of carbonyl (C=O) groups is 1. The Labute approximate surface area is 113 Å². The van der Waals surface area contributed by atoms with Gasteiger partial charge in [0.2, 0.25) is 5.91 Å². The van der Waals surface area contributed by atoms with Crippen LogP contribution in [0.15, 0.2) is 16.5 Å². The van der Waals surface area contributed by atoms with Crippen molar-refractivity contribution in [1.29, 1.82) is 0 Å². The summed E-state index contributed by atoms with van der Waals surface area (Å²) < 4.78 is 27.4. The summed E-state index contributed by atoms with van der Waals surface area (Å²) in [5, 5.41) is 2.69. The maximum atomic E-state index is 11.8. The second-order valence-corrected chi connectivity index (χ2v) is 6.96. The van der Waals surface area contributed by atoms with E-state index in [4.69, 9.17) is 10.2 Å². The molecule has 0 bridgehead atoms. The van der Waals surface area contributed by atoms with Gasteiger partial charge in [-0.3, -0.25) is 4.79 Å². The van der Waals surface area contributed by atoms with Gasteiger partial charge in [0.25, 0.3) is 0 Å². The number of rotatable bonds is 6. The maximum Gasteiger partial charge on any atom is 0.237 e. The van der Waals surface area contributed by atoms with Gasteiger partial charge in [-0.2, -0.15) is 0 Å². The fourth-order valence-corrected chi connectivity index (χ4v) is 2.23. The summed E-state index contributed by atoms with van der Waals surface area (Å²) in [5.74, 6) is 0.916. The normalized spacial score (nSPS) is 14.9. The summed E-state index contributed by atoms with van der Waals surface area (Å²) in [4.78, 5) is 11.8. The van der Waals surface area contributed by atoms with Crippen LogP contribution in [0.2, 0.25) is 0 Å². The van der Waals surface area contributed by atoms with E-state index in [0.717, 1.165) is 12.0 Å². The number of carbonyl (C=O) groups excluding carboxylic acids is 1. The first-order valence-electron chi connectivity index (χ1n) is 5.99. The molecule has 0 saturated heterocycles. The highest BCUT2D eigenvalue weighted by Crippen LogP contribution is 2.15. The molecule has 0 aliphatic carbocycles. The van der Waals surface area contributed by atoms with Gasteiger partial charge in [0.15, 0.2) is 0 Å². The number of nitrogens with two attached hydrogens (primary N) is 1. The van der Waals surface area contributed by atoms with E-state index >= 15 is 0 Å². The summed E-state index contributed by atoms with van der Waals surface area (Å²) in [5.41, 5.74) is 5.65. The van der Waals surface area contributed by atoms with Gasteiger partial charge in [0.05, 0.1) is 17.8 Å². The molecule has 2 atom stereocenters. The van der Waals surface area contributed by atoms with E-state index in [2.05, 4.69) is 5.32 Å². The van der Waals surface area contributed by atoms with E-state index < -0.39 is 15.9 Å². The second-order valence-electron chi connectivity index (χ2n) is 4.70. The van der Waals surface area contributed by atoms with Gasteiger partial charge >= 0.3 is 0 Å². The van der Waals surface area contributed by atoms with E-state index in [1.54, 1.807) is 13.0 Å². The Morgan fingerprint density at radius 3 is 2.58 bits per heavy atom. The molecule has 1 rings (SSSR count). The largest absolute Gasteiger partial charge is 0.464 e. The molecule has 7 heteroatoms. The quantitative estimate of drug-likeness (QED) is 0.794. The fraction of sp³-hybridized carbons (Fsp3) is 0.583. The number of nitrogens with one attached hydrogen (secondary N) is 1. The first kappa shape index (κ1) is 15.7. The van der Waals surface area contributed by atoms with Crippen molar-refractivity contribution in [1.82, 2.24) is 5.32 Å². The average Bonchev–Trinajstić information content (AvgIpc) is 2.71. The standard InChI is InChI=1S/C12H20N2O4S/c1-8-4-5-11(18-8)9(2)14-12(15)10(13)6-7-19(3,16)17/h4-5,9-10H,6-7,13H2,1-3H3,(H,14,15). The molecule has 0 aliphatic heterocycles. The summed E-state index contributed by atoms with van der Waals surface area (Å²) in [6, 6.07) is 2.45. The number of furan rings is 1. The number of amides is 1. The SMILES string of the molecule is Cc1ccc(C(C)NC(=O)C(N)CCS(C)(=O)=O)o1. The minimum absolute atomic E-state index is 0.101. The monoisotopic (exact) mass is 288 g/mol. The van der Waals surface area contributed by atoms with Crippen LogP contribution in [0.5, 0.6) is 0 Å². The van der Waals surface area contributed by atoms with Gasteiger partial charge < -0.3 is 15.5 Å². The third-order valence-electron chi connectivity index (χ3n) is 2.68. The molecular formula is C12H20N2O4S. The first-order chi connectivity index (χ1) is 8.69. The third-order valence-corrected chi connectivity index (χ3v) is 3.66. The lowest BCUT2D eigenvalue weighted by molar-refractivity contribution is -0.123. The minimum Gasteiger partial charge on any atom is -0.464 e. The van der Waals surface area contributed by atoms with Crippen LogP contribution in [0.25, 0.3) is 0 Å². The number of sulfone groups is 1. The number of hydrogen-bond donors (Lipinski definition) is 2. The van der Waals surface area contributed by atoms with Crippen molar-refractivity contribution in [3.8, 4) is 0 Å². The average molecular weight is 288 g/mol. The molecule has 3 N–H and O–H groups in total. The molecule has 2 unspecified atom stereocenters. The van der Waals surface area contributed by atoms with Crippen molar-refractivity contribution in [2.24, 2.45) is 5.73 Å². The molecule has 1 aromatic heterocycles. The maximum absolute atomic E-state index is 11.8. The lowest BCUT2D eigenvalue weighted by Gasteiger charge is -2.15. The van der Waals surface area contributed by atoms with E-state index in [1.807, 2.05) is 13.0 Å². The molecular weight excluding hydrogens is 268 g/mol. The van der Waals surface area contributed by atoms with Gasteiger partial charge in [-0.1, -0.05) is 0 Å². The Bertz CT molecular complexity index is 536. The summed E-state index contributed by atoms with van der Waals surface area (Å²) in [6.07, 6.45) is 1.22. The van der Waals surface area contributed by atoms with Crippen LogP contribution in [0, 0.1) is 6.92 Å². The van der Waals surface area contributed by atoms with Crippen LogP contribution in [-0.2, 0) is 14.6 Å². The van der Waals surface area contributed by atoms with E-state index in [1.165, 1.54) is 0 Å². The van der Waals surface area contributed by atoms with E-state index in [0.29, 0.717) is 5.76 Å². The van der Waals surface area contributed by atoms with Crippen molar-refractivity contribution in [2.75, 3.05) is 12.0 Å². The van der Waals surface area contributed by atoms with Crippen LogP contribution in [0.3, 0.4) is 0 Å². The minimum atomic E-state index is -3.11. The van der Waals surface area contributed by atoms with Gasteiger partial charge in [-0.25, -0.2) is 8.42 Å². The van der Waals surface area contributed by atoms with Crippen LogP contribution >= 0.6 is 0 Å². The molecule has 1 amide bonds. The first-order valence-corrected chi connectivity index (χ1v) is 8.05. The molecule has 19 heavy (non-hydrogen) atoms. The number of aryl methyl sites for hydroxylation is 1. The van der Waals surface area contributed by atoms with Gasteiger partial charge in [0, 0.05) is 6.26 Å². The predicted molar refractivity (Wildman–Crippen MR) is 72.3 cm³/mol. The van der Waals surface area contributed by atoms with Gasteiger partial charge in [0.1, 0.15) is 21.4 Å². The van der Waals surface area contributed by atoms with Crippen LogP contribution in [-0.4, -0.2) is 32.4 Å². The van der Waals surface area contributed by atoms with Crippen molar-refractivity contribution < 1.29 is 17.6 Å². The van der Waals surface area contributed by atoms with Crippen molar-refractivity contribution in [3.05, 3.63) is 23.7 Å². The molecule has 0 fully saturated rings. The van der Waals surface area contributed by atoms with Gasteiger partial charge in [-0.15, -0.1) is 0 Å². The molecule has 0 saturated carbocycles. The van der Waals surface area contributed by atoms with E-state index in [-0.39, 0.29) is 24.1 Å². The zero-order valence-corrected chi connectivity index (χ0v) is 12.2. The van der Waals surface area contributed by atoms with Crippen LogP contribution in [0.1, 0.15) is 30.9 Å². The third kappa shape index (κ3) is 5.44. The molecule has 108 valence electrons. The Morgan fingerprint density at radius 1 is 1.47 bits per heavy atom. The molecule has 1 heterocycles. The smallest absolute Gasteiger partial charge is 0.237 e. The van der Waals surface area contributed by atoms with Crippen LogP contribution in [0.4, 0.5) is 0 Å². The predicted octanol–water partition coefficient (Wildman–Crippen LogP) is 0.527.